The van der Waals surface area contributed by atoms with Gasteiger partial charge in [-0.2, -0.15) is 0 Å². The van der Waals surface area contributed by atoms with Crippen LogP contribution in [0.3, 0.4) is 0 Å². The molecule has 0 spiro atoms. The third-order valence-electron chi connectivity index (χ3n) is 1.64. The van der Waals surface area contributed by atoms with Crippen LogP contribution >= 0.6 is 11.3 Å². The zero-order valence-corrected chi connectivity index (χ0v) is 8.73. The van der Waals surface area contributed by atoms with Crippen molar-refractivity contribution in [2.45, 2.75) is 13.3 Å². The van der Waals surface area contributed by atoms with Gasteiger partial charge in [0.25, 0.3) is 5.91 Å². The van der Waals surface area contributed by atoms with Gasteiger partial charge in [-0.3, -0.25) is 4.79 Å². The first-order valence-electron chi connectivity index (χ1n) is 4.27. The molecule has 0 aromatic carbocycles. The van der Waals surface area contributed by atoms with Gasteiger partial charge in [0, 0.05) is 13.2 Å². The van der Waals surface area contributed by atoms with E-state index in [0.29, 0.717) is 28.7 Å². The van der Waals surface area contributed by atoms with Crippen LogP contribution in [0.2, 0.25) is 0 Å². The molecule has 78 valence electrons. The van der Waals surface area contributed by atoms with Crippen LogP contribution in [0.25, 0.3) is 0 Å². The topological polar surface area (TPSA) is 88.2 Å². The summed E-state index contributed by atoms with van der Waals surface area (Å²) < 4.78 is 0. The normalized spacial score (nSPS) is 10.1. The lowest BCUT2D eigenvalue weighted by Gasteiger charge is -2.01. The van der Waals surface area contributed by atoms with Gasteiger partial charge in [0.1, 0.15) is 4.88 Å². The van der Waals surface area contributed by atoms with Crippen LogP contribution in [0, 0.1) is 6.92 Å². The summed E-state index contributed by atoms with van der Waals surface area (Å²) in [6.45, 7) is 2.28. The Bertz CT molecular complexity index is 324. The van der Waals surface area contributed by atoms with Crippen molar-refractivity contribution in [1.29, 1.82) is 0 Å². The quantitative estimate of drug-likeness (QED) is 0.624. The maximum atomic E-state index is 11.5. The van der Waals surface area contributed by atoms with Crippen molar-refractivity contribution in [1.82, 2.24) is 10.3 Å². The number of aliphatic hydroxyl groups excluding tert-OH is 1. The summed E-state index contributed by atoms with van der Waals surface area (Å²) in [6, 6.07) is 0. The number of hydrogen-bond donors (Lipinski definition) is 3. The summed E-state index contributed by atoms with van der Waals surface area (Å²) in [6.07, 6.45) is 0.555. The van der Waals surface area contributed by atoms with Crippen molar-refractivity contribution in [2.75, 3.05) is 18.9 Å². The van der Waals surface area contributed by atoms with Crippen molar-refractivity contribution in [3.8, 4) is 0 Å². The number of nitrogens with zero attached hydrogens (tertiary/aromatic N) is 1. The maximum Gasteiger partial charge on any atom is 0.263 e. The standard InChI is InChI=1S/C8H13N3O2S/c1-5-6(14-8(9)11-5)7(13)10-3-2-4-12/h12H,2-4H2,1H3,(H2,9,11)(H,10,13). The molecule has 5 nitrogen and oxygen atoms in total. The Hall–Kier alpha value is -1.14. The molecule has 1 rings (SSSR count). The molecule has 0 unspecified atom stereocenters. The van der Waals surface area contributed by atoms with E-state index < -0.39 is 0 Å². The first-order chi connectivity index (χ1) is 6.65. The summed E-state index contributed by atoms with van der Waals surface area (Å²) in [5, 5.41) is 11.6. The van der Waals surface area contributed by atoms with Crippen molar-refractivity contribution in [3.63, 3.8) is 0 Å². The van der Waals surface area contributed by atoms with E-state index in [0.717, 1.165) is 0 Å². The Morgan fingerprint density at radius 3 is 2.93 bits per heavy atom. The predicted molar refractivity (Wildman–Crippen MR) is 55.3 cm³/mol. The first kappa shape index (κ1) is 10.9. The lowest BCUT2D eigenvalue weighted by atomic mass is 10.3. The van der Waals surface area contributed by atoms with Crippen molar-refractivity contribution >= 4 is 22.4 Å². The Morgan fingerprint density at radius 2 is 2.43 bits per heavy atom. The molecule has 0 aliphatic carbocycles. The number of rotatable bonds is 4. The van der Waals surface area contributed by atoms with Crippen molar-refractivity contribution < 1.29 is 9.90 Å². The maximum absolute atomic E-state index is 11.5. The molecule has 0 fully saturated rings. The van der Waals surface area contributed by atoms with Crippen LogP contribution in [0.5, 0.6) is 0 Å². The minimum Gasteiger partial charge on any atom is -0.396 e. The summed E-state index contributed by atoms with van der Waals surface area (Å²) >= 11 is 1.17. The average Bonchev–Trinajstić information content (AvgIpc) is 2.45. The molecule has 0 saturated heterocycles. The van der Waals surface area contributed by atoms with Crippen molar-refractivity contribution in [2.24, 2.45) is 0 Å². The minimum atomic E-state index is -0.176. The number of carbonyl (C=O) groups is 1. The monoisotopic (exact) mass is 215 g/mol. The fourth-order valence-corrected chi connectivity index (χ4v) is 1.74. The van der Waals surface area contributed by atoms with Crippen LogP contribution in [0.1, 0.15) is 21.8 Å². The summed E-state index contributed by atoms with van der Waals surface area (Å²) in [5.41, 5.74) is 6.11. The zero-order valence-electron chi connectivity index (χ0n) is 7.91. The third kappa shape index (κ3) is 2.68. The van der Waals surface area contributed by atoms with E-state index in [4.69, 9.17) is 10.8 Å². The molecule has 0 aliphatic rings. The highest BCUT2D eigenvalue weighted by molar-refractivity contribution is 7.17. The SMILES string of the molecule is Cc1nc(N)sc1C(=O)NCCCO. The number of anilines is 1. The van der Waals surface area contributed by atoms with Crippen LogP contribution in [-0.2, 0) is 0 Å². The first-order valence-corrected chi connectivity index (χ1v) is 5.08. The molecule has 1 aromatic rings. The van der Waals surface area contributed by atoms with Gasteiger partial charge < -0.3 is 16.2 Å². The predicted octanol–water partition coefficient (Wildman–Crippen LogP) is 0.146. The molecule has 1 amide bonds. The number of thiazole rings is 1. The van der Waals surface area contributed by atoms with E-state index in [1.807, 2.05) is 0 Å². The Balaban J connectivity index is 2.56. The number of aromatic nitrogens is 1. The molecule has 4 N–H and O–H groups in total. The zero-order chi connectivity index (χ0) is 10.6. The number of carbonyl (C=O) groups excluding carboxylic acids is 1. The van der Waals surface area contributed by atoms with E-state index in [-0.39, 0.29) is 12.5 Å². The van der Waals surface area contributed by atoms with E-state index in [1.165, 1.54) is 11.3 Å². The van der Waals surface area contributed by atoms with E-state index in [2.05, 4.69) is 10.3 Å². The second-order valence-electron chi connectivity index (χ2n) is 2.80. The van der Waals surface area contributed by atoms with E-state index in [1.54, 1.807) is 6.92 Å². The van der Waals surface area contributed by atoms with Gasteiger partial charge in [-0.1, -0.05) is 11.3 Å². The number of aliphatic hydroxyl groups is 1. The van der Waals surface area contributed by atoms with Gasteiger partial charge in [0.2, 0.25) is 0 Å². The fourth-order valence-electron chi connectivity index (χ4n) is 0.989. The Morgan fingerprint density at radius 1 is 1.71 bits per heavy atom. The lowest BCUT2D eigenvalue weighted by molar-refractivity contribution is 0.0954. The van der Waals surface area contributed by atoms with Crippen LogP contribution < -0.4 is 11.1 Å². The van der Waals surface area contributed by atoms with E-state index >= 15 is 0 Å². The minimum absolute atomic E-state index is 0.0735. The highest BCUT2D eigenvalue weighted by Gasteiger charge is 2.12. The average molecular weight is 215 g/mol. The number of nitrogens with one attached hydrogen (secondary N) is 1. The highest BCUT2D eigenvalue weighted by atomic mass is 32.1. The van der Waals surface area contributed by atoms with E-state index in [9.17, 15) is 4.79 Å². The van der Waals surface area contributed by atoms with Crippen LogP contribution in [0.4, 0.5) is 5.13 Å². The molecule has 0 aliphatic heterocycles. The summed E-state index contributed by atoms with van der Waals surface area (Å²) in [7, 11) is 0. The number of nitrogen functional groups attached to an aromatic ring is 1. The van der Waals surface area contributed by atoms with Crippen LogP contribution in [-0.4, -0.2) is 29.1 Å². The fraction of sp³-hybridized carbons (Fsp3) is 0.500. The van der Waals surface area contributed by atoms with Gasteiger partial charge in [0.15, 0.2) is 5.13 Å². The number of hydrogen-bond acceptors (Lipinski definition) is 5. The summed E-state index contributed by atoms with van der Waals surface area (Å²) in [5.74, 6) is -0.176. The lowest BCUT2D eigenvalue weighted by Crippen LogP contribution is -2.24. The Labute approximate surface area is 86.0 Å². The molecule has 0 radical (unpaired) electrons. The second-order valence-corrected chi connectivity index (χ2v) is 3.83. The molecular formula is C8H13N3O2S. The van der Waals surface area contributed by atoms with Gasteiger partial charge in [-0.05, 0) is 13.3 Å². The molecule has 1 heterocycles. The molecule has 14 heavy (non-hydrogen) atoms. The highest BCUT2D eigenvalue weighted by Crippen LogP contribution is 2.18. The molecule has 1 aromatic heterocycles. The Kier molecular flexibility index (Phi) is 3.84. The molecule has 6 heteroatoms. The summed E-state index contributed by atoms with van der Waals surface area (Å²) in [4.78, 5) is 16.0. The van der Waals surface area contributed by atoms with Gasteiger partial charge in [0.05, 0.1) is 5.69 Å². The third-order valence-corrected chi connectivity index (χ3v) is 2.63. The number of amides is 1. The number of nitrogens with two attached hydrogens (primary N) is 1. The van der Waals surface area contributed by atoms with Gasteiger partial charge in [-0.15, -0.1) is 0 Å². The molecule has 0 saturated carbocycles. The van der Waals surface area contributed by atoms with Crippen LogP contribution in [0.15, 0.2) is 0 Å². The van der Waals surface area contributed by atoms with Gasteiger partial charge in [-0.25, -0.2) is 4.98 Å². The van der Waals surface area contributed by atoms with Gasteiger partial charge >= 0.3 is 0 Å². The number of aryl methyl sites for hydroxylation is 1. The molecular weight excluding hydrogens is 202 g/mol. The second kappa shape index (κ2) is 4.92. The largest absolute Gasteiger partial charge is 0.396 e. The molecule has 0 bridgehead atoms. The van der Waals surface area contributed by atoms with Crippen molar-refractivity contribution in [3.05, 3.63) is 10.6 Å². The smallest absolute Gasteiger partial charge is 0.263 e. The molecule has 0 atom stereocenters.